The second-order valence-corrected chi connectivity index (χ2v) is 3.94. The largest absolute Gasteiger partial charge is 0.382 e. The van der Waals surface area contributed by atoms with Crippen LogP contribution in [0.3, 0.4) is 0 Å². The summed E-state index contributed by atoms with van der Waals surface area (Å²) >= 11 is 2.25. The smallest absolute Gasteiger partial charge is 0.126 e. The van der Waals surface area contributed by atoms with Gasteiger partial charge in [-0.25, -0.2) is 0 Å². The third-order valence-electron chi connectivity index (χ3n) is 1.76. The number of nitrogens with zero attached hydrogens (tertiary/aromatic N) is 2. The van der Waals surface area contributed by atoms with E-state index in [2.05, 4.69) is 40.8 Å². The van der Waals surface area contributed by atoms with E-state index >= 15 is 0 Å². The normalized spacial score (nSPS) is 10.7. The molecule has 0 bridgehead atoms. The summed E-state index contributed by atoms with van der Waals surface area (Å²) in [6.07, 6.45) is 3.11. The quantitative estimate of drug-likeness (QED) is 0.615. The monoisotopic (exact) mass is 294 g/mol. The van der Waals surface area contributed by atoms with E-state index in [1.165, 1.54) is 5.56 Å². The minimum absolute atomic E-state index is 0.801. The van der Waals surface area contributed by atoms with E-state index in [1.54, 1.807) is 0 Å². The molecule has 3 nitrogen and oxygen atoms in total. The molecule has 0 aliphatic carbocycles. The standard InChI is InChI=1S/C9H15IN2O/c1-3-13-6-4-5-12-7-8(2)9(10)11-12/h7H,3-6H2,1-2H3. The molecule has 0 spiro atoms. The van der Waals surface area contributed by atoms with E-state index < -0.39 is 0 Å². The van der Waals surface area contributed by atoms with Gasteiger partial charge in [0, 0.05) is 31.5 Å². The van der Waals surface area contributed by atoms with Crippen molar-refractivity contribution in [1.82, 2.24) is 9.78 Å². The third-order valence-corrected chi connectivity index (χ3v) is 2.83. The molecule has 0 N–H and O–H groups in total. The molecule has 4 heteroatoms. The summed E-state index contributed by atoms with van der Waals surface area (Å²) < 4.78 is 8.32. The number of hydrogen-bond donors (Lipinski definition) is 0. The first-order valence-electron chi connectivity index (χ1n) is 4.51. The van der Waals surface area contributed by atoms with Gasteiger partial charge in [-0.1, -0.05) is 0 Å². The van der Waals surface area contributed by atoms with Gasteiger partial charge in [0.25, 0.3) is 0 Å². The van der Waals surface area contributed by atoms with Crippen LogP contribution >= 0.6 is 22.6 Å². The summed E-state index contributed by atoms with van der Waals surface area (Å²) in [4.78, 5) is 0. The Bertz CT molecular complexity index is 241. The van der Waals surface area contributed by atoms with E-state index in [-0.39, 0.29) is 0 Å². The first-order chi connectivity index (χ1) is 6.24. The average molecular weight is 294 g/mol. The Balaban J connectivity index is 2.29. The van der Waals surface area contributed by atoms with Gasteiger partial charge >= 0.3 is 0 Å². The van der Waals surface area contributed by atoms with Crippen LogP contribution in [0.4, 0.5) is 0 Å². The number of halogens is 1. The molecule has 0 aliphatic heterocycles. The van der Waals surface area contributed by atoms with E-state index in [1.807, 2.05) is 11.6 Å². The van der Waals surface area contributed by atoms with Crippen LogP contribution in [-0.2, 0) is 11.3 Å². The van der Waals surface area contributed by atoms with Gasteiger partial charge in [0.1, 0.15) is 3.70 Å². The number of aromatic nitrogens is 2. The van der Waals surface area contributed by atoms with Gasteiger partial charge in [0.2, 0.25) is 0 Å². The zero-order valence-electron chi connectivity index (χ0n) is 8.09. The lowest BCUT2D eigenvalue weighted by molar-refractivity contribution is 0.141. The Morgan fingerprint density at radius 2 is 2.38 bits per heavy atom. The SMILES string of the molecule is CCOCCCn1cc(C)c(I)n1. The van der Waals surface area contributed by atoms with Crippen molar-refractivity contribution in [3.8, 4) is 0 Å². The van der Waals surface area contributed by atoms with Gasteiger partial charge < -0.3 is 4.74 Å². The molecular weight excluding hydrogens is 279 g/mol. The molecule has 0 radical (unpaired) electrons. The lowest BCUT2D eigenvalue weighted by Crippen LogP contribution is -2.03. The van der Waals surface area contributed by atoms with Crippen molar-refractivity contribution in [2.45, 2.75) is 26.8 Å². The maximum atomic E-state index is 5.25. The zero-order valence-corrected chi connectivity index (χ0v) is 10.2. The molecule has 0 unspecified atom stereocenters. The molecular formula is C9H15IN2O. The summed E-state index contributed by atoms with van der Waals surface area (Å²) in [7, 11) is 0. The summed E-state index contributed by atoms with van der Waals surface area (Å²) in [5.74, 6) is 0. The van der Waals surface area contributed by atoms with Gasteiger partial charge in [-0.2, -0.15) is 5.10 Å². The fourth-order valence-electron chi connectivity index (χ4n) is 1.08. The summed E-state index contributed by atoms with van der Waals surface area (Å²) in [5, 5.41) is 4.36. The Labute approximate surface area is 92.6 Å². The van der Waals surface area contributed by atoms with Gasteiger partial charge in [-0.3, -0.25) is 4.68 Å². The molecule has 13 heavy (non-hydrogen) atoms. The van der Waals surface area contributed by atoms with Crippen molar-refractivity contribution in [2.75, 3.05) is 13.2 Å². The number of rotatable bonds is 5. The number of hydrogen-bond acceptors (Lipinski definition) is 2. The Hall–Kier alpha value is -0.100. The van der Waals surface area contributed by atoms with Crippen LogP contribution in [0.5, 0.6) is 0 Å². The first-order valence-corrected chi connectivity index (χ1v) is 5.59. The highest BCUT2D eigenvalue weighted by Crippen LogP contribution is 2.07. The van der Waals surface area contributed by atoms with Crippen LogP contribution in [0.1, 0.15) is 18.9 Å². The molecule has 0 saturated carbocycles. The highest BCUT2D eigenvalue weighted by atomic mass is 127. The average Bonchev–Trinajstić information content (AvgIpc) is 2.41. The van der Waals surface area contributed by atoms with Gasteiger partial charge in [-0.05, 0) is 42.9 Å². The van der Waals surface area contributed by atoms with Crippen LogP contribution in [-0.4, -0.2) is 23.0 Å². The third kappa shape index (κ3) is 3.64. The van der Waals surface area contributed by atoms with Crippen LogP contribution in [0.25, 0.3) is 0 Å². The topological polar surface area (TPSA) is 27.1 Å². The van der Waals surface area contributed by atoms with Gasteiger partial charge in [0.05, 0.1) is 0 Å². The maximum absolute atomic E-state index is 5.25. The van der Waals surface area contributed by atoms with Gasteiger partial charge in [-0.15, -0.1) is 0 Å². The van der Waals surface area contributed by atoms with Gasteiger partial charge in [0.15, 0.2) is 0 Å². The Morgan fingerprint density at radius 1 is 1.62 bits per heavy atom. The number of ether oxygens (including phenoxy) is 1. The highest BCUT2D eigenvalue weighted by molar-refractivity contribution is 14.1. The molecule has 0 aliphatic rings. The maximum Gasteiger partial charge on any atom is 0.126 e. The summed E-state index contributed by atoms with van der Waals surface area (Å²) in [6.45, 7) is 6.67. The molecule has 74 valence electrons. The zero-order chi connectivity index (χ0) is 9.68. The van der Waals surface area contributed by atoms with Crippen molar-refractivity contribution in [2.24, 2.45) is 0 Å². The molecule has 0 aromatic carbocycles. The van der Waals surface area contributed by atoms with Crippen LogP contribution in [0.15, 0.2) is 6.20 Å². The summed E-state index contributed by atoms with van der Waals surface area (Å²) in [6, 6.07) is 0. The van der Waals surface area contributed by atoms with Crippen molar-refractivity contribution >= 4 is 22.6 Å². The lowest BCUT2D eigenvalue weighted by Gasteiger charge is -2.01. The van der Waals surface area contributed by atoms with Crippen molar-refractivity contribution in [1.29, 1.82) is 0 Å². The molecule has 1 rings (SSSR count). The summed E-state index contributed by atoms with van der Waals surface area (Å²) in [5.41, 5.74) is 1.25. The lowest BCUT2D eigenvalue weighted by atomic mass is 10.4. The molecule has 1 heterocycles. The predicted octanol–water partition coefficient (Wildman–Crippen LogP) is 2.22. The Morgan fingerprint density at radius 3 is 2.92 bits per heavy atom. The molecule has 1 aromatic heterocycles. The van der Waals surface area contributed by atoms with Crippen LogP contribution in [0, 0.1) is 10.6 Å². The molecule has 1 aromatic rings. The Kier molecular flexibility index (Phi) is 4.72. The minimum Gasteiger partial charge on any atom is -0.382 e. The molecule has 0 atom stereocenters. The first kappa shape index (κ1) is 11.0. The molecule has 0 saturated heterocycles. The van der Waals surface area contributed by atoms with Crippen molar-refractivity contribution < 1.29 is 4.74 Å². The molecule has 0 fully saturated rings. The second kappa shape index (κ2) is 5.59. The van der Waals surface area contributed by atoms with E-state index in [0.29, 0.717) is 0 Å². The van der Waals surface area contributed by atoms with Crippen LogP contribution < -0.4 is 0 Å². The van der Waals surface area contributed by atoms with Crippen molar-refractivity contribution in [3.63, 3.8) is 0 Å². The fourth-order valence-corrected chi connectivity index (χ4v) is 1.50. The van der Waals surface area contributed by atoms with E-state index in [9.17, 15) is 0 Å². The second-order valence-electron chi connectivity index (χ2n) is 2.92. The molecule has 0 amide bonds. The highest BCUT2D eigenvalue weighted by Gasteiger charge is 2.00. The predicted molar refractivity (Wildman–Crippen MR) is 60.8 cm³/mol. The van der Waals surface area contributed by atoms with Crippen LogP contribution in [0.2, 0.25) is 0 Å². The minimum atomic E-state index is 0.801. The van der Waals surface area contributed by atoms with E-state index in [0.717, 1.165) is 29.9 Å². The fraction of sp³-hybridized carbons (Fsp3) is 0.667. The number of aryl methyl sites for hydroxylation is 2. The van der Waals surface area contributed by atoms with E-state index in [4.69, 9.17) is 4.74 Å². The van der Waals surface area contributed by atoms with Crippen molar-refractivity contribution in [3.05, 3.63) is 15.5 Å².